The lowest BCUT2D eigenvalue weighted by Gasteiger charge is -2.35. The van der Waals surface area contributed by atoms with Crippen molar-refractivity contribution in [1.29, 1.82) is 0 Å². The van der Waals surface area contributed by atoms with Crippen molar-refractivity contribution in [2.24, 2.45) is 9.98 Å². The number of benzene rings is 1. The molecule has 0 radical (unpaired) electrons. The van der Waals surface area contributed by atoms with Crippen LogP contribution in [-0.4, -0.2) is 41.5 Å². The fourth-order valence-electron chi connectivity index (χ4n) is 2.38. The van der Waals surface area contributed by atoms with Crippen LogP contribution in [0, 0.1) is 0 Å². The number of esters is 1. The molecule has 25 heavy (non-hydrogen) atoms. The van der Waals surface area contributed by atoms with E-state index in [-0.39, 0.29) is 11.7 Å². The maximum atomic E-state index is 13.7. The van der Waals surface area contributed by atoms with Crippen molar-refractivity contribution < 1.29 is 22.7 Å². The van der Waals surface area contributed by atoms with Gasteiger partial charge in [-0.25, -0.2) is 14.8 Å². The predicted octanol–water partition coefficient (Wildman–Crippen LogP) is 3.32. The van der Waals surface area contributed by atoms with Crippen LogP contribution in [0.4, 0.5) is 13.2 Å². The Morgan fingerprint density at radius 1 is 1.20 bits per heavy atom. The first-order chi connectivity index (χ1) is 11.8. The van der Waals surface area contributed by atoms with Gasteiger partial charge in [0.15, 0.2) is 0 Å². The summed E-state index contributed by atoms with van der Waals surface area (Å²) in [6, 6.07) is 6.05. The number of nitrogens with zero attached hydrogens (tertiary/aromatic N) is 3. The molecule has 9 heteroatoms. The standard InChI is InChI=1S/C16H11ClF3N3O2/c1-25-14(24)15(16(18,19)20)21-12-4-2-3-9-23(12)13(22-15)10-5-7-11(17)8-6-10/h2-9H,1H3/t15-/m0/s1. The van der Waals surface area contributed by atoms with Gasteiger partial charge in [0.05, 0.1) is 7.11 Å². The monoisotopic (exact) mass is 369 g/mol. The molecule has 130 valence electrons. The summed E-state index contributed by atoms with van der Waals surface area (Å²) in [6.07, 6.45) is 0.908. The number of rotatable bonds is 2. The summed E-state index contributed by atoms with van der Waals surface area (Å²) in [5, 5.41) is 0.415. The lowest BCUT2D eigenvalue weighted by atomic mass is 10.1. The molecule has 0 saturated carbocycles. The average molecular weight is 370 g/mol. The van der Waals surface area contributed by atoms with E-state index in [2.05, 4.69) is 14.7 Å². The van der Waals surface area contributed by atoms with E-state index in [0.717, 1.165) is 7.11 Å². The second-order valence-corrected chi connectivity index (χ2v) is 5.58. The van der Waals surface area contributed by atoms with Crippen molar-refractivity contribution in [2.75, 3.05) is 7.11 Å². The minimum atomic E-state index is -5.08. The summed E-state index contributed by atoms with van der Waals surface area (Å²) in [7, 11) is 0.858. The minimum Gasteiger partial charge on any atom is -0.465 e. The molecule has 1 atom stereocenters. The molecule has 5 nitrogen and oxygen atoms in total. The highest BCUT2D eigenvalue weighted by Gasteiger charge is 2.64. The van der Waals surface area contributed by atoms with Gasteiger partial charge in [-0.3, -0.25) is 4.90 Å². The van der Waals surface area contributed by atoms with Crippen molar-refractivity contribution in [3.8, 4) is 0 Å². The van der Waals surface area contributed by atoms with E-state index in [0.29, 0.717) is 10.6 Å². The second kappa shape index (κ2) is 6.03. The Labute approximate surface area is 145 Å². The molecular formula is C16H11ClF3N3O2. The van der Waals surface area contributed by atoms with Crippen LogP contribution in [-0.2, 0) is 9.53 Å². The molecule has 0 fully saturated rings. The molecule has 0 unspecified atom stereocenters. The van der Waals surface area contributed by atoms with E-state index < -0.39 is 17.8 Å². The molecule has 3 rings (SSSR count). The van der Waals surface area contributed by atoms with Crippen molar-refractivity contribution in [3.05, 3.63) is 59.3 Å². The first kappa shape index (κ1) is 17.2. The number of carbonyl (C=O) groups is 1. The SMILES string of the molecule is COC(=O)[C@]1(C(F)(F)F)N=C2C=CC=CN2C(c2ccc(Cl)cc2)=N1. The zero-order valence-electron chi connectivity index (χ0n) is 12.8. The molecular weight excluding hydrogens is 359 g/mol. The summed E-state index contributed by atoms with van der Waals surface area (Å²) >= 11 is 5.83. The molecule has 1 aromatic rings. The quantitative estimate of drug-likeness (QED) is 0.751. The van der Waals surface area contributed by atoms with Gasteiger partial charge in [-0.2, -0.15) is 13.2 Å². The van der Waals surface area contributed by atoms with Crippen LogP contribution in [0.2, 0.25) is 5.02 Å². The van der Waals surface area contributed by atoms with Crippen molar-refractivity contribution in [3.63, 3.8) is 0 Å². The molecule has 0 spiro atoms. The van der Waals surface area contributed by atoms with Crippen LogP contribution in [0.15, 0.2) is 58.7 Å². The lowest BCUT2D eigenvalue weighted by molar-refractivity contribution is -0.202. The minimum absolute atomic E-state index is 0.0785. The van der Waals surface area contributed by atoms with E-state index in [1.165, 1.54) is 47.5 Å². The Morgan fingerprint density at radius 2 is 1.88 bits per heavy atom. The van der Waals surface area contributed by atoms with Crippen LogP contribution in [0.25, 0.3) is 0 Å². The molecule has 0 bridgehead atoms. The van der Waals surface area contributed by atoms with Crippen LogP contribution in [0.3, 0.4) is 0 Å². The predicted molar refractivity (Wildman–Crippen MR) is 86.3 cm³/mol. The molecule has 2 aliphatic rings. The van der Waals surface area contributed by atoms with Crippen molar-refractivity contribution in [1.82, 2.24) is 4.90 Å². The highest BCUT2D eigenvalue weighted by atomic mass is 35.5. The normalized spacial score (nSPS) is 22.2. The molecule has 1 aromatic carbocycles. The van der Waals surface area contributed by atoms with Gasteiger partial charge in [-0.05, 0) is 36.4 Å². The van der Waals surface area contributed by atoms with Gasteiger partial charge in [0.25, 0.3) is 0 Å². The summed E-state index contributed by atoms with van der Waals surface area (Å²) < 4.78 is 45.6. The number of halogens is 4. The Kier molecular flexibility index (Phi) is 4.16. The van der Waals surface area contributed by atoms with Crippen LogP contribution in [0.1, 0.15) is 5.56 Å². The highest BCUT2D eigenvalue weighted by molar-refractivity contribution is 6.30. The van der Waals surface area contributed by atoms with E-state index in [1.54, 1.807) is 6.08 Å². The number of allylic oxidation sites excluding steroid dienone is 2. The van der Waals surface area contributed by atoms with E-state index in [1.807, 2.05) is 0 Å². The summed E-state index contributed by atoms with van der Waals surface area (Å²) in [4.78, 5) is 20.6. The fourth-order valence-corrected chi connectivity index (χ4v) is 2.51. The van der Waals surface area contributed by atoms with Gasteiger partial charge in [0.1, 0.15) is 11.7 Å². The average Bonchev–Trinajstić information content (AvgIpc) is 2.59. The fraction of sp³-hybridized carbons (Fsp3) is 0.188. The van der Waals surface area contributed by atoms with Crippen LogP contribution >= 0.6 is 11.6 Å². The summed E-state index contributed by atoms with van der Waals surface area (Å²) in [5.41, 5.74) is -3.02. The summed E-state index contributed by atoms with van der Waals surface area (Å²) in [6.45, 7) is 0. The topological polar surface area (TPSA) is 54.3 Å². The Bertz CT molecular complexity index is 828. The van der Waals surface area contributed by atoms with Gasteiger partial charge >= 0.3 is 17.8 Å². The maximum Gasteiger partial charge on any atom is 0.445 e. The zero-order valence-corrected chi connectivity index (χ0v) is 13.5. The van der Waals surface area contributed by atoms with Gasteiger partial charge in [0, 0.05) is 16.8 Å². The third kappa shape index (κ3) is 2.82. The van der Waals surface area contributed by atoms with Crippen molar-refractivity contribution in [2.45, 2.75) is 11.8 Å². The Hall–Kier alpha value is -2.61. The number of ether oxygens (including phenoxy) is 1. The maximum absolute atomic E-state index is 13.7. The molecule has 2 aliphatic heterocycles. The van der Waals surface area contributed by atoms with Gasteiger partial charge < -0.3 is 4.74 Å². The van der Waals surface area contributed by atoms with Crippen LogP contribution in [0.5, 0.6) is 0 Å². The molecule has 0 N–H and O–H groups in total. The first-order valence-corrected chi connectivity index (χ1v) is 7.41. The highest BCUT2D eigenvalue weighted by Crippen LogP contribution is 2.40. The number of hydrogen-bond donors (Lipinski definition) is 0. The molecule has 0 amide bonds. The first-order valence-electron chi connectivity index (χ1n) is 7.03. The molecule has 0 aromatic heterocycles. The number of carbonyl (C=O) groups excluding carboxylic acids is 1. The number of amidine groups is 2. The molecule has 2 heterocycles. The van der Waals surface area contributed by atoms with Crippen molar-refractivity contribution >= 4 is 29.2 Å². The number of fused-ring (bicyclic) bond motifs is 1. The smallest absolute Gasteiger partial charge is 0.445 e. The second-order valence-electron chi connectivity index (χ2n) is 5.14. The van der Waals surface area contributed by atoms with Gasteiger partial charge in [-0.15, -0.1) is 0 Å². The van der Waals surface area contributed by atoms with E-state index in [4.69, 9.17) is 11.6 Å². The Balaban J connectivity index is 2.25. The number of alkyl halides is 3. The van der Waals surface area contributed by atoms with E-state index in [9.17, 15) is 18.0 Å². The van der Waals surface area contributed by atoms with Gasteiger partial charge in [-0.1, -0.05) is 17.7 Å². The number of methoxy groups -OCH3 is 1. The summed E-state index contributed by atoms with van der Waals surface area (Å²) in [5.74, 6) is -1.78. The zero-order chi connectivity index (χ0) is 18.2. The molecule has 0 saturated heterocycles. The lowest BCUT2D eigenvalue weighted by Crippen LogP contribution is -2.55. The third-order valence-electron chi connectivity index (χ3n) is 3.58. The molecule has 0 aliphatic carbocycles. The van der Waals surface area contributed by atoms with E-state index >= 15 is 0 Å². The van der Waals surface area contributed by atoms with Gasteiger partial charge in [0.2, 0.25) is 0 Å². The largest absolute Gasteiger partial charge is 0.465 e. The number of hydrogen-bond acceptors (Lipinski definition) is 5. The third-order valence-corrected chi connectivity index (χ3v) is 3.83. The number of aliphatic imine (C=N–C) groups is 2. The van der Waals surface area contributed by atoms with Crippen LogP contribution < -0.4 is 0 Å². The Morgan fingerprint density at radius 3 is 2.48 bits per heavy atom.